The Morgan fingerprint density at radius 2 is 1.88 bits per heavy atom. The number of nitriles is 1. The Balaban J connectivity index is 1.71. The molecule has 32 heavy (non-hydrogen) atoms. The fourth-order valence-corrected chi connectivity index (χ4v) is 3.85. The normalized spacial score (nSPS) is 11.7. The molecule has 3 rings (SSSR count). The zero-order valence-electron chi connectivity index (χ0n) is 18.2. The predicted molar refractivity (Wildman–Crippen MR) is 118 cm³/mol. The fraction of sp³-hybridized carbons (Fsp3) is 0.320. The average Bonchev–Trinajstić information content (AvgIpc) is 3.03. The van der Waals surface area contributed by atoms with Gasteiger partial charge in [0.05, 0.1) is 30.8 Å². The van der Waals surface area contributed by atoms with Crippen molar-refractivity contribution in [3.05, 3.63) is 88.2 Å². The first-order valence-electron chi connectivity index (χ1n) is 10.6. The van der Waals surface area contributed by atoms with Gasteiger partial charge in [-0.3, -0.25) is 9.48 Å². The number of aromatic nitrogens is 2. The summed E-state index contributed by atoms with van der Waals surface area (Å²) in [5.41, 5.74) is 4.12. The third kappa shape index (κ3) is 6.01. The van der Waals surface area contributed by atoms with Gasteiger partial charge in [-0.25, -0.2) is 8.78 Å². The molecule has 3 aromatic rings. The van der Waals surface area contributed by atoms with Gasteiger partial charge in [0.1, 0.15) is 11.6 Å². The van der Waals surface area contributed by atoms with Crippen molar-refractivity contribution in [2.45, 2.75) is 52.1 Å². The van der Waals surface area contributed by atoms with E-state index in [9.17, 15) is 13.6 Å². The average molecular weight is 437 g/mol. The Morgan fingerprint density at radius 3 is 2.56 bits per heavy atom. The number of benzene rings is 2. The molecule has 1 N–H and O–H groups in total. The van der Waals surface area contributed by atoms with E-state index in [-0.39, 0.29) is 18.1 Å². The molecule has 0 spiro atoms. The van der Waals surface area contributed by atoms with Gasteiger partial charge >= 0.3 is 0 Å². The van der Waals surface area contributed by atoms with Gasteiger partial charge in [0.2, 0.25) is 5.91 Å². The summed E-state index contributed by atoms with van der Waals surface area (Å²) in [7, 11) is 0. The van der Waals surface area contributed by atoms with Gasteiger partial charge in [0, 0.05) is 12.1 Å². The molecule has 1 unspecified atom stereocenters. The summed E-state index contributed by atoms with van der Waals surface area (Å²) in [5, 5.41) is 16.2. The van der Waals surface area contributed by atoms with E-state index in [1.165, 1.54) is 24.3 Å². The molecule has 166 valence electrons. The first-order valence-corrected chi connectivity index (χ1v) is 10.6. The molecule has 1 atom stereocenters. The number of rotatable bonds is 9. The summed E-state index contributed by atoms with van der Waals surface area (Å²) in [4.78, 5) is 12.8. The molecule has 5 nitrogen and oxygen atoms in total. The maximum Gasteiger partial charge on any atom is 0.220 e. The first-order chi connectivity index (χ1) is 15.4. The van der Waals surface area contributed by atoms with Gasteiger partial charge in [-0.15, -0.1) is 0 Å². The lowest BCUT2D eigenvalue weighted by Crippen LogP contribution is -2.30. The summed E-state index contributed by atoms with van der Waals surface area (Å²) in [6.07, 6.45) is 1.46. The minimum atomic E-state index is -0.486. The molecule has 0 radical (unpaired) electrons. The Kier molecular flexibility index (Phi) is 7.72. The standard InChI is InChI=1S/C25H26F2N4O/c1-17-23(18(2)31(30-17)13-5-12-28)10-11-25(32)29-24(20-7-4-9-22(27)16-20)15-19-6-3-8-21(26)14-19/h3-4,6-9,14,16,24H,5,10-11,13,15H2,1-2H3,(H,29,32). The molecule has 0 aliphatic rings. The summed E-state index contributed by atoms with van der Waals surface area (Å²) < 4.78 is 29.2. The molecule has 0 fully saturated rings. The van der Waals surface area contributed by atoms with E-state index in [1.54, 1.807) is 28.9 Å². The number of halogens is 2. The molecule has 0 saturated carbocycles. The van der Waals surface area contributed by atoms with Gasteiger partial charge in [-0.05, 0) is 67.6 Å². The quantitative estimate of drug-likeness (QED) is 0.527. The Hall–Kier alpha value is -3.53. The van der Waals surface area contributed by atoms with Crippen LogP contribution in [-0.2, 0) is 24.2 Å². The second-order valence-electron chi connectivity index (χ2n) is 7.79. The Labute approximate surface area is 186 Å². The van der Waals surface area contributed by atoms with Crippen LogP contribution < -0.4 is 5.32 Å². The number of nitrogens with one attached hydrogen (secondary N) is 1. The van der Waals surface area contributed by atoms with Crippen LogP contribution in [0.2, 0.25) is 0 Å². The highest BCUT2D eigenvalue weighted by Gasteiger charge is 2.18. The highest BCUT2D eigenvalue weighted by atomic mass is 19.1. The van der Waals surface area contributed by atoms with Gasteiger partial charge in [-0.2, -0.15) is 10.4 Å². The Bertz CT molecular complexity index is 1130. The number of hydrogen-bond acceptors (Lipinski definition) is 3. The van der Waals surface area contributed by atoms with Crippen molar-refractivity contribution >= 4 is 5.91 Å². The molecule has 0 aliphatic heterocycles. The van der Waals surface area contributed by atoms with Crippen molar-refractivity contribution in [2.24, 2.45) is 0 Å². The molecule has 1 heterocycles. The molecule has 2 aromatic carbocycles. The Morgan fingerprint density at radius 1 is 1.16 bits per heavy atom. The van der Waals surface area contributed by atoms with E-state index in [4.69, 9.17) is 5.26 Å². The maximum atomic E-state index is 13.8. The second kappa shape index (κ2) is 10.7. The maximum absolute atomic E-state index is 13.8. The van der Waals surface area contributed by atoms with Crippen LogP contribution in [0.1, 0.15) is 47.0 Å². The van der Waals surface area contributed by atoms with E-state index in [0.717, 1.165) is 17.0 Å². The topological polar surface area (TPSA) is 70.7 Å². The fourth-order valence-electron chi connectivity index (χ4n) is 3.85. The van der Waals surface area contributed by atoms with Crippen LogP contribution >= 0.6 is 0 Å². The smallest absolute Gasteiger partial charge is 0.220 e. The van der Waals surface area contributed by atoms with Gasteiger partial charge < -0.3 is 5.32 Å². The molecule has 7 heteroatoms. The number of nitrogens with zero attached hydrogens (tertiary/aromatic N) is 3. The molecule has 1 amide bonds. The van der Waals surface area contributed by atoms with E-state index >= 15 is 0 Å². The van der Waals surface area contributed by atoms with Crippen LogP contribution in [0.4, 0.5) is 8.78 Å². The van der Waals surface area contributed by atoms with Crippen molar-refractivity contribution in [1.29, 1.82) is 5.26 Å². The molecular formula is C25H26F2N4O. The van der Waals surface area contributed by atoms with Crippen LogP contribution in [0.15, 0.2) is 48.5 Å². The molecule has 0 aliphatic carbocycles. The van der Waals surface area contributed by atoms with Crippen molar-refractivity contribution < 1.29 is 13.6 Å². The predicted octanol–water partition coefficient (Wildman–Crippen LogP) is 4.72. The molecular weight excluding hydrogens is 410 g/mol. The lowest BCUT2D eigenvalue weighted by molar-refractivity contribution is -0.121. The van der Waals surface area contributed by atoms with Gasteiger partial charge in [0.15, 0.2) is 0 Å². The molecule has 1 aromatic heterocycles. The van der Waals surface area contributed by atoms with Crippen LogP contribution in [0, 0.1) is 36.8 Å². The summed E-state index contributed by atoms with van der Waals surface area (Å²) in [5.74, 6) is -0.928. The first kappa shape index (κ1) is 23.1. The highest BCUT2D eigenvalue weighted by Crippen LogP contribution is 2.21. The zero-order valence-corrected chi connectivity index (χ0v) is 18.2. The molecule has 0 saturated heterocycles. The number of carbonyl (C=O) groups excluding carboxylic acids is 1. The monoisotopic (exact) mass is 436 g/mol. The summed E-state index contributed by atoms with van der Waals surface area (Å²) in [6.45, 7) is 4.34. The van der Waals surface area contributed by atoms with E-state index in [0.29, 0.717) is 36.9 Å². The third-order valence-corrected chi connectivity index (χ3v) is 5.48. The van der Waals surface area contributed by atoms with Gasteiger partial charge in [-0.1, -0.05) is 24.3 Å². The zero-order chi connectivity index (χ0) is 23.1. The lowest BCUT2D eigenvalue weighted by atomic mass is 9.98. The van der Waals surface area contributed by atoms with Crippen LogP contribution in [0.25, 0.3) is 0 Å². The largest absolute Gasteiger partial charge is 0.349 e. The van der Waals surface area contributed by atoms with Crippen molar-refractivity contribution in [1.82, 2.24) is 15.1 Å². The van der Waals surface area contributed by atoms with Crippen molar-refractivity contribution in [2.75, 3.05) is 0 Å². The minimum absolute atomic E-state index is 0.181. The van der Waals surface area contributed by atoms with Crippen molar-refractivity contribution in [3.63, 3.8) is 0 Å². The van der Waals surface area contributed by atoms with Gasteiger partial charge in [0.25, 0.3) is 0 Å². The third-order valence-electron chi connectivity index (χ3n) is 5.48. The summed E-state index contributed by atoms with van der Waals surface area (Å²) >= 11 is 0. The SMILES string of the molecule is Cc1nn(CCC#N)c(C)c1CCC(=O)NC(Cc1cccc(F)c1)c1cccc(F)c1. The van der Waals surface area contributed by atoms with E-state index in [2.05, 4.69) is 16.5 Å². The highest BCUT2D eigenvalue weighted by molar-refractivity contribution is 5.76. The number of amides is 1. The number of carbonyl (C=O) groups is 1. The lowest BCUT2D eigenvalue weighted by Gasteiger charge is -2.20. The minimum Gasteiger partial charge on any atom is -0.349 e. The van der Waals surface area contributed by atoms with Crippen molar-refractivity contribution in [3.8, 4) is 6.07 Å². The number of hydrogen-bond donors (Lipinski definition) is 1. The van der Waals surface area contributed by atoms with Crippen LogP contribution in [0.3, 0.4) is 0 Å². The van der Waals surface area contributed by atoms with E-state index in [1.807, 2.05) is 13.8 Å². The van der Waals surface area contributed by atoms with E-state index < -0.39 is 11.9 Å². The molecule has 0 bridgehead atoms. The van der Waals surface area contributed by atoms with Crippen LogP contribution in [-0.4, -0.2) is 15.7 Å². The van der Waals surface area contributed by atoms with Crippen LogP contribution in [0.5, 0.6) is 0 Å². The second-order valence-corrected chi connectivity index (χ2v) is 7.79. The number of aryl methyl sites for hydroxylation is 2. The summed E-state index contributed by atoms with van der Waals surface area (Å²) in [6, 6.07) is 13.9.